The van der Waals surface area contributed by atoms with Gasteiger partial charge in [0, 0.05) is 24.7 Å². The highest BCUT2D eigenvalue weighted by Crippen LogP contribution is 2.53. The van der Waals surface area contributed by atoms with Gasteiger partial charge in [-0.1, -0.05) is 0 Å². The molecule has 0 unspecified atom stereocenters. The van der Waals surface area contributed by atoms with Gasteiger partial charge in [0.1, 0.15) is 5.75 Å². The van der Waals surface area contributed by atoms with Crippen LogP contribution < -0.4 is 9.47 Å². The summed E-state index contributed by atoms with van der Waals surface area (Å²) in [4.78, 5) is 14.4. The Hall–Kier alpha value is -3.49. The third kappa shape index (κ3) is 5.20. The third-order valence-electron chi connectivity index (χ3n) is 7.05. The Balaban J connectivity index is 1.25. The van der Waals surface area contributed by atoms with Crippen molar-refractivity contribution in [3.8, 4) is 28.6 Å². The van der Waals surface area contributed by atoms with E-state index < -0.39 is 11.7 Å². The van der Waals surface area contributed by atoms with Crippen LogP contribution in [0.4, 0.5) is 13.2 Å². The van der Waals surface area contributed by atoms with Crippen molar-refractivity contribution in [2.75, 3.05) is 26.3 Å². The number of hydrogen-bond acceptors (Lipinski definition) is 4. The molecule has 2 heterocycles. The maximum Gasteiger partial charge on any atom is 0.416 e. The van der Waals surface area contributed by atoms with E-state index in [9.17, 15) is 18.0 Å². The molecule has 1 spiro atoms. The zero-order chi connectivity index (χ0) is 25.3. The molecule has 190 valence electrons. The van der Waals surface area contributed by atoms with Crippen LogP contribution in [0.25, 0.3) is 16.9 Å². The van der Waals surface area contributed by atoms with Crippen LogP contribution in [0.5, 0.6) is 11.6 Å². The van der Waals surface area contributed by atoms with Gasteiger partial charge in [0.2, 0.25) is 5.88 Å². The zero-order valence-corrected chi connectivity index (χ0v) is 20.1. The minimum absolute atomic E-state index is 0.00336. The lowest BCUT2D eigenvalue weighted by molar-refractivity contribution is -0.137. The number of nitrogens with zero attached hydrogens (tertiary/aromatic N) is 3. The zero-order valence-electron chi connectivity index (χ0n) is 20.1. The first kappa shape index (κ1) is 24.2. The van der Waals surface area contributed by atoms with Crippen molar-refractivity contribution < 1.29 is 27.4 Å². The summed E-state index contributed by atoms with van der Waals surface area (Å²) in [5, 5.41) is 4.55. The van der Waals surface area contributed by atoms with Crippen LogP contribution in [0.1, 0.15) is 38.2 Å². The second-order valence-corrected chi connectivity index (χ2v) is 9.45. The summed E-state index contributed by atoms with van der Waals surface area (Å²) < 4.78 is 51.6. The number of likely N-dealkylation sites (tertiary alicyclic amines) is 1. The van der Waals surface area contributed by atoms with E-state index in [0.29, 0.717) is 35.0 Å². The van der Waals surface area contributed by atoms with E-state index in [1.165, 1.54) is 29.7 Å². The van der Waals surface area contributed by atoms with E-state index >= 15 is 0 Å². The van der Waals surface area contributed by atoms with E-state index in [1.807, 2.05) is 24.0 Å². The van der Waals surface area contributed by atoms with Gasteiger partial charge in [-0.2, -0.15) is 18.3 Å². The van der Waals surface area contributed by atoms with Crippen molar-refractivity contribution in [2.24, 2.45) is 5.41 Å². The van der Waals surface area contributed by atoms with Gasteiger partial charge in [-0.15, -0.1) is 0 Å². The molecule has 1 saturated heterocycles. The number of ether oxygens (including phenoxy) is 2. The molecule has 0 N–H and O–H groups in total. The van der Waals surface area contributed by atoms with Crippen molar-refractivity contribution in [1.29, 1.82) is 0 Å². The number of carbonyl (C=O) groups excluding carboxylic acids is 1. The lowest BCUT2D eigenvalue weighted by atomic mass is 9.94. The van der Waals surface area contributed by atoms with Crippen LogP contribution in [0.15, 0.2) is 54.6 Å². The fourth-order valence-corrected chi connectivity index (χ4v) is 4.60. The van der Waals surface area contributed by atoms with Crippen molar-refractivity contribution >= 4 is 5.91 Å². The number of amides is 1. The quantitative estimate of drug-likeness (QED) is 0.416. The molecular weight excluding hydrogens is 471 g/mol. The lowest BCUT2D eigenvalue weighted by Gasteiger charge is -2.32. The van der Waals surface area contributed by atoms with Gasteiger partial charge < -0.3 is 14.4 Å². The summed E-state index contributed by atoms with van der Waals surface area (Å²) in [6.07, 6.45) is 0.379. The van der Waals surface area contributed by atoms with Gasteiger partial charge in [-0.3, -0.25) is 4.79 Å². The molecule has 3 aromatic rings. The molecule has 2 fully saturated rings. The van der Waals surface area contributed by atoms with Crippen molar-refractivity contribution in [3.63, 3.8) is 0 Å². The molecule has 2 aliphatic rings. The Morgan fingerprint density at radius 1 is 0.972 bits per heavy atom. The van der Waals surface area contributed by atoms with Gasteiger partial charge in [0.05, 0.1) is 23.6 Å². The number of piperidine rings is 1. The van der Waals surface area contributed by atoms with Crippen LogP contribution in [0.3, 0.4) is 0 Å². The van der Waals surface area contributed by atoms with E-state index in [1.54, 1.807) is 18.2 Å². The van der Waals surface area contributed by atoms with Crippen molar-refractivity contribution in [3.05, 3.63) is 60.2 Å². The second-order valence-electron chi connectivity index (χ2n) is 9.45. The van der Waals surface area contributed by atoms with Gasteiger partial charge in [-0.05, 0) is 86.6 Å². The molecule has 1 aromatic heterocycles. The molecule has 0 radical (unpaired) electrons. The van der Waals surface area contributed by atoms with E-state index in [-0.39, 0.29) is 12.5 Å². The number of carbonyl (C=O) groups is 1. The van der Waals surface area contributed by atoms with Gasteiger partial charge in [0.15, 0.2) is 6.61 Å². The summed E-state index contributed by atoms with van der Waals surface area (Å²) in [5.41, 5.74) is 1.64. The average Bonchev–Trinajstić information content (AvgIpc) is 3.49. The Labute approximate surface area is 207 Å². The minimum Gasteiger partial charge on any atom is -0.484 e. The third-order valence-corrected chi connectivity index (χ3v) is 7.05. The molecule has 6 nitrogen and oxygen atoms in total. The predicted molar refractivity (Wildman–Crippen MR) is 128 cm³/mol. The number of halogens is 3. The standard InChI is InChI=1S/C27H28F3N3O3/c1-2-35-25-17-23(31-33(25)21-7-5-20(6-8-21)27(28,29)30)19-3-9-22(10-4-19)36-18-24(34)32-15-13-26(11-12-26)14-16-32/h3-10,17H,2,11-16,18H2,1H3. The Kier molecular flexibility index (Phi) is 6.40. The number of benzene rings is 2. The van der Waals surface area contributed by atoms with Crippen molar-refractivity contribution in [2.45, 2.75) is 38.8 Å². The van der Waals surface area contributed by atoms with Gasteiger partial charge in [-0.25, -0.2) is 4.68 Å². The maximum absolute atomic E-state index is 12.9. The van der Waals surface area contributed by atoms with Crippen LogP contribution in [0, 0.1) is 5.41 Å². The highest BCUT2D eigenvalue weighted by atomic mass is 19.4. The topological polar surface area (TPSA) is 56.6 Å². The summed E-state index contributed by atoms with van der Waals surface area (Å²) >= 11 is 0. The number of hydrogen-bond donors (Lipinski definition) is 0. The van der Waals surface area contributed by atoms with Crippen LogP contribution >= 0.6 is 0 Å². The van der Waals surface area contributed by atoms with Crippen molar-refractivity contribution in [1.82, 2.24) is 14.7 Å². The highest BCUT2D eigenvalue weighted by molar-refractivity contribution is 5.78. The Bertz CT molecular complexity index is 1210. The molecule has 1 aliphatic carbocycles. The van der Waals surface area contributed by atoms with Gasteiger partial charge in [0.25, 0.3) is 5.91 Å². The molecule has 1 amide bonds. The molecule has 1 saturated carbocycles. The highest BCUT2D eigenvalue weighted by Gasteiger charge is 2.45. The fourth-order valence-electron chi connectivity index (χ4n) is 4.60. The minimum atomic E-state index is -4.40. The van der Waals surface area contributed by atoms with E-state index in [4.69, 9.17) is 9.47 Å². The molecular formula is C27H28F3N3O3. The normalized spacial score (nSPS) is 16.7. The first-order chi connectivity index (χ1) is 17.3. The van der Waals surface area contributed by atoms with Crippen LogP contribution in [-0.4, -0.2) is 46.9 Å². The molecule has 1 aliphatic heterocycles. The predicted octanol–water partition coefficient (Wildman–Crippen LogP) is 5.74. The number of aromatic nitrogens is 2. The fraction of sp³-hybridized carbons (Fsp3) is 0.407. The average molecular weight is 500 g/mol. The Morgan fingerprint density at radius 2 is 1.64 bits per heavy atom. The largest absolute Gasteiger partial charge is 0.484 e. The molecule has 5 rings (SSSR count). The molecule has 0 atom stereocenters. The monoisotopic (exact) mass is 499 g/mol. The van der Waals surface area contributed by atoms with Crippen LogP contribution in [-0.2, 0) is 11.0 Å². The molecule has 9 heteroatoms. The molecule has 36 heavy (non-hydrogen) atoms. The maximum atomic E-state index is 12.9. The first-order valence-electron chi connectivity index (χ1n) is 12.2. The summed E-state index contributed by atoms with van der Waals surface area (Å²) in [6.45, 7) is 3.83. The molecule has 2 aromatic carbocycles. The van der Waals surface area contributed by atoms with E-state index in [2.05, 4.69) is 5.10 Å². The van der Waals surface area contributed by atoms with Gasteiger partial charge >= 0.3 is 6.18 Å². The SMILES string of the molecule is CCOc1cc(-c2ccc(OCC(=O)N3CCC4(CC3)CC4)cc2)nn1-c1ccc(C(F)(F)F)cc1. The van der Waals surface area contributed by atoms with Crippen LogP contribution in [0.2, 0.25) is 0 Å². The second kappa shape index (κ2) is 9.52. The first-order valence-corrected chi connectivity index (χ1v) is 12.2. The van der Waals surface area contributed by atoms with E-state index in [0.717, 1.165) is 43.6 Å². The lowest BCUT2D eigenvalue weighted by Crippen LogP contribution is -2.41. The number of rotatable bonds is 7. The molecule has 0 bridgehead atoms. The smallest absolute Gasteiger partial charge is 0.416 e. The Morgan fingerprint density at radius 3 is 2.22 bits per heavy atom. The summed E-state index contributed by atoms with van der Waals surface area (Å²) in [7, 11) is 0. The summed E-state index contributed by atoms with van der Waals surface area (Å²) in [5.74, 6) is 1.01. The summed E-state index contributed by atoms with van der Waals surface area (Å²) in [6, 6.07) is 13.7. The number of alkyl halides is 3.